The van der Waals surface area contributed by atoms with Gasteiger partial charge in [-0.3, -0.25) is 0 Å². The van der Waals surface area contributed by atoms with E-state index in [-0.39, 0.29) is 17.6 Å². The number of aliphatic hydroxyl groups excluding tert-OH is 1. The number of piperidine rings is 1. The Hall–Kier alpha value is -1.69. The highest BCUT2D eigenvalue weighted by Crippen LogP contribution is 2.51. The molecular weight excluding hydrogens is 326 g/mol. The third-order valence-electron chi connectivity index (χ3n) is 6.25. The van der Waals surface area contributed by atoms with Crippen molar-refractivity contribution in [3.63, 3.8) is 0 Å². The van der Waals surface area contributed by atoms with Crippen LogP contribution in [0.1, 0.15) is 19.3 Å². The summed E-state index contributed by atoms with van der Waals surface area (Å²) in [6.07, 6.45) is 4.57. The Balaban J connectivity index is 1.44. The van der Waals surface area contributed by atoms with Crippen molar-refractivity contribution in [3.8, 4) is 0 Å². The van der Waals surface area contributed by atoms with Crippen LogP contribution in [0.25, 0.3) is 10.8 Å². The predicted molar refractivity (Wildman–Crippen MR) is 105 cm³/mol. The minimum Gasteiger partial charge on any atom is -0.392 e. The Labute approximate surface area is 155 Å². The molecule has 0 bridgehead atoms. The van der Waals surface area contributed by atoms with Crippen LogP contribution in [0, 0.1) is 5.41 Å². The van der Waals surface area contributed by atoms with E-state index < -0.39 is 0 Å². The first-order valence-electron chi connectivity index (χ1n) is 9.63. The molecule has 2 fully saturated rings. The number of likely N-dealkylation sites (N-methyl/N-ethyl adjacent to an activating group) is 1. The van der Waals surface area contributed by atoms with E-state index in [1.807, 2.05) is 6.20 Å². The van der Waals surface area contributed by atoms with Crippen molar-refractivity contribution in [2.24, 2.45) is 5.41 Å². The lowest BCUT2D eigenvalue weighted by molar-refractivity contribution is -0.202. The summed E-state index contributed by atoms with van der Waals surface area (Å²) in [5.41, 5.74) is -0.0621. The van der Waals surface area contributed by atoms with Crippen LogP contribution in [0.5, 0.6) is 0 Å². The van der Waals surface area contributed by atoms with Crippen molar-refractivity contribution in [3.05, 3.63) is 36.5 Å². The first-order valence-corrected chi connectivity index (χ1v) is 9.63. The van der Waals surface area contributed by atoms with E-state index in [4.69, 9.17) is 4.74 Å². The Morgan fingerprint density at radius 3 is 2.73 bits per heavy atom. The van der Waals surface area contributed by atoms with E-state index in [0.29, 0.717) is 0 Å². The molecule has 2 aliphatic rings. The van der Waals surface area contributed by atoms with Crippen molar-refractivity contribution in [2.45, 2.75) is 31.5 Å². The van der Waals surface area contributed by atoms with Gasteiger partial charge in [-0.25, -0.2) is 4.98 Å². The molecule has 0 radical (unpaired) electrons. The van der Waals surface area contributed by atoms with Gasteiger partial charge in [-0.1, -0.05) is 24.3 Å². The molecule has 5 heteroatoms. The Kier molecular flexibility index (Phi) is 4.86. The number of benzene rings is 1. The summed E-state index contributed by atoms with van der Waals surface area (Å²) in [5.74, 6) is 1.07. The molecule has 1 aromatic carbocycles. The van der Waals surface area contributed by atoms with Crippen LogP contribution in [-0.2, 0) is 4.74 Å². The van der Waals surface area contributed by atoms with E-state index in [2.05, 4.69) is 59.2 Å². The molecule has 2 heterocycles. The fraction of sp³-hybridized carbons (Fsp3) is 0.571. The van der Waals surface area contributed by atoms with Gasteiger partial charge in [-0.15, -0.1) is 0 Å². The highest BCUT2D eigenvalue weighted by molar-refractivity contribution is 5.92. The van der Waals surface area contributed by atoms with Crippen molar-refractivity contribution in [1.29, 1.82) is 0 Å². The van der Waals surface area contributed by atoms with Crippen LogP contribution in [0.3, 0.4) is 0 Å². The highest BCUT2D eigenvalue weighted by atomic mass is 16.5. The van der Waals surface area contributed by atoms with Gasteiger partial charge in [0.15, 0.2) is 0 Å². The molecule has 5 nitrogen and oxygen atoms in total. The molecule has 0 unspecified atom stereocenters. The molecule has 1 aromatic heterocycles. The molecule has 4 rings (SSSR count). The molecule has 2 atom stereocenters. The Morgan fingerprint density at radius 1 is 1.23 bits per heavy atom. The number of aromatic nitrogens is 1. The van der Waals surface area contributed by atoms with Crippen LogP contribution >= 0.6 is 0 Å². The quantitative estimate of drug-likeness (QED) is 0.893. The number of anilines is 1. The summed E-state index contributed by atoms with van der Waals surface area (Å²) in [7, 11) is 4.12. The number of nitrogens with zero attached hydrogens (tertiary/aromatic N) is 3. The molecule has 0 amide bonds. The number of hydrogen-bond donors (Lipinski definition) is 1. The lowest BCUT2D eigenvalue weighted by Crippen LogP contribution is -2.62. The summed E-state index contributed by atoms with van der Waals surface area (Å²) in [4.78, 5) is 9.16. The van der Waals surface area contributed by atoms with Crippen LogP contribution in [0.4, 0.5) is 5.82 Å². The minimum atomic E-state index is -0.227. The third kappa shape index (κ3) is 3.08. The molecule has 1 N–H and O–H groups in total. The number of aliphatic hydroxyl groups is 1. The lowest BCUT2D eigenvalue weighted by atomic mass is 9.58. The molecule has 26 heavy (non-hydrogen) atoms. The van der Waals surface area contributed by atoms with Crippen LogP contribution < -0.4 is 4.90 Å². The first kappa shape index (κ1) is 17.7. The molecule has 1 saturated heterocycles. The second-order valence-electron chi connectivity index (χ2n) is 7.99. The van der Waals surface area contributed by atoms with Crippen LogP contribution in [0.15, 0.2) is 36.5 Å². The Bertz CT molecular complexity index is 751. The van der Waals surface area contributed by atoms with E-state index in [1.54, 1.807) is 0 Å². The van der Waals surface area contributed by atoms with Gasteiger partial charge in [0, 0.05) is 43.1 Å². The van der Waals surface area contributed by atoms with Gasteiger partial charge in [0.25, 0.3) is 0 Å². The summed E-state index contributed by atoms with van der Waals surface area (Å²) in [6, 6.07) is 10.5. The van der Waals surface area contributed by atoms with Gasteiger partial charge in [0.1, 0.15) is 5.82 Å². The number of fused-ring (bicyclic) bond motifs is 1. The van der Waals surface area contributed by atoms with E-state index in [0.717, 1.165) is 51.3 Å². The number of rotatable bonds is 5. The van der Waals surface area contributed by atoms with Crippen LogP contribution in [0.2, 0.25) is 0 Å². The van der Waals surface area contributed by atoms with Gasteiger partial charge in [0.2, 0.25) is 0 Å². The maximum Gasteiger partial charge on any atom is 0.136 e. The van der Waals surface area contributed by atoms with Crippen LogP contribution in [-0.4, -0.2) is 67.5 Å². The largest absolute Gasteiger partial charge is 0.392 e. The number of hydrogen-bond acceptors (Lipinski definition) is 5. The van der Waals surface area contributed by atoms with Crippen molar-refractivity contribution in [2.75, 3.05) is 45.2 Å². The minimum absolute atomic E-state index is 0.0621. The molecule has 140 valence electrons. The molecule has 1 aliphatic heterocycles. The van der Waals surface area contributed by atoms with E-state index >= 15 is 0 Å². The summed E-state index contributed by atoms with van der Waals surface area (Å²) in [6.45, 7) is 3.51. The topological polar surface area (TPSA) is 48.8 Å². The van der Waals surface area contributed by atoms with E-state index in [9.17, 15) is 5.11 Å². The van der Waals surface area contributed by atoms with Gasteiger partial charge < -0.3 is 19.6 Å². The lowest BCUT2D eigenvalue weighted by Gasteiger charge is -2.56. The average Bonchev–Trinajstić information content (AvgIpc) is 2.67. The predicted octanol–water partition coefficient (Wildman–Crippen LogP) is 2.53. The second-order valence-corrected chi connectivity index (χ2v) is 7.99. The highest BCUT2D eigenvalue weighted by Gasteiger charge is 2.56. The van der Waals surface area contributed by atoms with Gasteiger partial charge in [0.05, 0.1) is 18.8 Å². The molecule has 1 spiro atoms. The summed E-state index contributed by atoms with van der Waals surface area (Å²) >= 11 is 0. The smallest absolute Gasteiger partial charge is 0.136 e. The molecule has 2 aromatic rings. The fourth-order valence-electron chi connectivity index (χ4n) is 4.48. The number of pyridine rings is 1. The zero-order chi connectivity index (χ0) is 18.1. The summed E-state index contributed by atoms with van der Waals surface area (Å²) in [5, 5.41) is 12.9. The van der Waals surface area contributed by atoms with Crippen molar-refractivity contribution in [1.82, 2.24) is 9.88 Å². The third-order valence-corrected chi connectivity index (χ3v) is 6.25. The van der Waals surface area contributed by atoms with Gasteiger partial charge >= 0.3 is 0 Å². The van der Waals surface area contributed by atoms with Crippen molar-refractivity contribution >= 4 is 16.6 Å². The monoisotopic (exact) mass is 355 g/mol. The first-order chi connectivity index (χ1) is 12.6. The Morgan fingerprint density at radius 2 is 2.00 bits per heavy atom. The maximum atomic E-state index is 10.5. The molecule has 1 saturated carbocycles. The SMILES string of the molecule is CN(C)CCO[C@H]1C[C@@H](O)C12CCN(c1nccc3ccccc13)CC2. The molecular formula is C21H29N3O2. The second kappa shape index (κ2) is 7.14. The van der Waals surface area contributed by atoms with Crippen molar-refractivity contribution < 1.29 is 9.84 Å². The van der Waals surface area contributed by atoms with Gasteiger partial charge in [-0.05, 0) is 38.4 Å². The fourth-order valence-corrected chi connectivity index (χ4v) is 4.48. The zero-order valence-electron chi connectivity index (χ0n) is 15.8. The maximum absolute atomic E-state index is 10.5. The standard InChI is InChI=1S/C21H29N3O2/c1-23(2)13-14-26-19-15-18(25)21(19)8-11-24(12-9-21)20-17-6-4-3-5-16(17)7-10-22-20/h3-7,10,18-19,25H,8-9,11-15H2,1-2H3/t18-,19+/m1/s1. The number of ether oxygens (including phenoxy) is 1. The van der Waals surface area contributed by atoms with Gasteiger partial charge in [-0.2, -0.15) is 0 Å². The zero-order valence-corrected chi connectivity index (χ0v) is 15.8. The average molecular weight is 355 g/mol. The van der Waals surface area contributed by atoms with E-state index in [1.165, 1.54) is 10.8 Å². The molecule has 1 aliphatic carbocycles. The normalized spacial score (nSPS) is 25.0. The summed E-state index contributed by atoms with van der Waals surface area (Å²) < 4.78 is 6.13.